The van der Waals surface area contributed by atoms with Crippen molar-refractivity contribution in [2.45, 2.75) is 84.0 Å². The molecular formula is C35H45O3P. The van der Waals surface area contributed by atoms with Crippen molar-refractivity contribution in [2.75, 3.05) is 7.11 Å². The number of hydrogen-bond donors (Lipinski definition) is 0. The van der Waals surface area contributed by atoms with Crippen LogP contribution in [0, 0.1) is 0 Å². The minimum Gasteiger partial charge on any atom is -0.465 e. The first-order valence-corrected chi connectivity index (χ1v) is 16.5. The number of benzene rings is 3. The third kappa shape index (κ3) is 8.29. The Bertz CT molecular complexity index is 1080. The molecule has 0 saturated heterocycles. The molecule has 4 heteroatoms. The number of ether oxygens (including phenoxy) is 1. The molecule has 0 radical (unpaired) electrons. The predicted octanol–water partition coefficient (Wildman–Crippen LogP) is 7.60. The Morgan fingerprint density at radius 2 is 0.923 bits per heavy atom. The number of ketones is 1. The molecule has 0 spiro atoms. The monoisotopic (exact) mass is 544 g/mol. The summed E-state index contributed by atoms with van der Waals surface area (Å²) in [6.07, 6.45) is 13.7. The number of carbonyl (C=O) groups is 2. The Kier molecular flexibility index (Phi) is 13.3. The molecule has 0 N–H and O–H groups in total. The predicted molar refractivity (Wildman–Crippen MR) is 168 cm³/mol. The molecule has 0 aromatic heterocycles. The minimum absolute atomic E-state index is 0.0948. The van der Waals surface area contributed by atoms with Crippen LogP contribution in [0.2, 0.25) is 0 Å². The molecule has 0 heterocycles. The highest BCUT2D eigenvalue weighted by atomic mass is 31.2. The first-order chi connectivity index (χ1) is 19.2. The molecule has 0 amide bonds. The number of methoxy groups -OCH3 is 1. The van der Waals surface area contributed by atoms with Gasteiger partial charge < -0.3 is 4.74 Å². The maximum Gasteiger partial charge on any atom is 0.342 e. The summed E-state index contributed by atoms with van der Waals surface area (Å²) in [7, 11) is 1.38. The van der Waals surface area contributed by atoms with Crippen molar-refractivity contribution < 1.29 is 14.3 Å². The number of unbranched alkanes of at least 4 members (excludes halogenated alkanes) is 10. The van der Waals surface area contributed by atoms with Crippen LogP contribution in [0.25, 0.3) is 0 Å². The van der Waals surface area contributed by atoms with Gasteiger partial charge in [-0.3, -0.25) is 4.79 Å². The van der Waals surface area contributed by atoms with Crippen molar-refractivity contribution >= 4 is 39.8 Å². The van der Waals surface area contributed by atoms with E-state index >= 15 is 0 Å². The second-order valence-electron chi connectivity index (χ2n) is 10.2. The zero-order valence-electron chi connectivity index (χ0n) is 23.8. The number of esters is 1. The van der Waals surface area contributed by atoms with Crippen molar-refractivity contribution in [1.82, 2.24) is 0 Å². The van der Waals surface area contributed by atoms with Gasteiger partial charge in [0, 0.05) is 6.42 Å². The van der Waals surface area contributed by atoms with E-state index in [0.29, 0.717) is 11.7 Å². The van der Waals surface area contributed by atoms with Crippen molar-refractivity contribution in [3.63, 3.8) is 0 Å². The molecule has 0 fully saturated rings. The van der Waals surface area contributed by atoms with Gasteiger partial charge in [-0.05, 0) is 29.2 Å². The number of hydrogen-bond acceptors (Lipinski definition) is 3. The molecule has 0 aliphatic rings. The molecule has 3 rings (SSSR count). The van der Waals surface area contributed by atoms with Crippen LogP contribution in [0.3, 0.4) is 0 Å². The van der Waals surface area contributed by atoms with Crippen molar-refractivity contribution in [1.29, 1.82) is 0 Å². The van der Waals surface area contributed by atoms with Crippen LogP contribution in [0.1, 0.15) is 84.0 Å². The normalized spacial score (nSPS) is 11.2. The molecule has 208 valence electrons. The maximum absolute atomic E-state index is 14.1. The lowest BCUT2D eigenvalue weighted by molar-refractivity contribution is -0.133. The third-order valence-electron chi connectivity index (χ3n) is 7.42. The fraction of sp³-hybridized carbons (Fsp3) is 0.400. The van der Waals surface area contributed by atoms with Gasteiger partial charge in [0.25, 0.3) is 0 Å². The smallest absolute Gasteiger partial charge is 0.342 e. The lowest BCUT2D eigenvalue weighted by atomic mass is 10.0. The van der Waals surface area contributed by atoms with Crippen LogP contribution in [-0.4, -0.2) is 24.2 Å². The van der Waals surface area contributed by atoms with Gasteiger partial charge in [-0.15, -0.1) is 0 Å². The first kappa shape index (κ1) is 30.6. The molecule has 3 aromatic rings. The lowest BCUT2D eigenvalue weighted by Crippen LogP contribution is -2.38. The molecule has 3 nitrogen and oxygen atoms in total. The van der Waals surface area contributed by atoms with Gasteiger partial charge >= 0.3 is 5.97 Å². The second-order valence-corrected chi connectivity index (χ2v) is 13.6. The summed E-state index contributed by atoms with van der Waals surface area (Å²) in [6.45, 7) is -0.529. The summed E-state index contributed by atoms with van der Waals surface area (Å²) in [5.41, 5.74) is 0. The third-order valence-corrected chi connectivity index (χ3v) is 11.7. The number of carbonyl (C=O) groups excluding carboxylic acids is 2. The largest absolute Gasteiger partial charge is 0.465 e. The number of rotatable bonds is 17. The van der Waals surface area contributed by atoms with Crippen LogP contribution in [0.5, 0.6) is 0 Å². The van der Waals surface area contributed by atoms with Gasteiger partial charge in [-0.25, -0.2) is 4.79 Å². The SMILES string of the molecule is CCCCCCCCCCCCCC(=O)C(C(=O)OC)=P(c1ccccc1)(c1ccccc1)c1ccccc1. The molecule has 39 heavy (non-hydrogen) atoms. The summed E-state index contributed by atoms with van der Waals surface area (Å²) in [6, 6.07) is 30.1. The van der Waals surface area contributed by atoms with Crippen LogP contribution in [0.4, 0.5) is 0 Å². The maximum atomic E-state index is 14.1. The van der Waals surface area contributed by atoms with Crippen LogP contribution in [0.15, 0.2) is 91.0 Å². The first-order valence-electron chi connectivity index (χ1n) is 14.7. The topological polar surface area (TPSA) is 43.4 Å². The minimum atomic E-state index is -2.78. The van der Waals surface area contributed by atoms with Gasteiger partial charge in [0.15, 0.2) is 5.78 Å². The Hall–Kier alpha value is -2.90. The highest BCUT2D eigenvalue weighted by molar-refractivity contribution is 7.97. The molecule has 3 aromatic carbocycles. The van der Waals surface area contributed by atoms with E-state index in [2.05, 4.69) is 6.92 Å². The van der Waals surface area contributed by atoms with E-state index in [0.717, 1.165) is 35.2 Å². The molecule has 0 aliphatic carbocycles. The van der Waals surface area contributed by atoms with Gasteiger partial charge in [-0.2, -0.15) is 0 Å². The molecule has 0 atom stereocenters. The van der Waals surface area contributed by atoms with Gasteiger partial charge in [0.2, 0.25) is 0 Å². The summed E-state index contributed by atoms with van der Waals surface area (Å²) in [5, 5.41) is 3.24. The molecule has 0 aliphatic heterocycles. The summed E-state index contributed by atoms with van der Waals surface area (Å²) < 4.78 is 5.34. The van der Waals surface area contributed by atoms with Crippen molar-refractivity contribution in [2.24, 2.45) is 0 Å². The Labute approximate surface area is 236 Å². The lowest BCUT2D eigenvalue weighted by Gasteiger charge is -2.31. The fourth-order valence-electron chi connectivity index (χ4n) is 5.39. The molecule has 0 unspecified atom stereocenters. The Balaban J connectivity index is 1.89. The second kappa shape index (κ2) is 16.9. The van der Waals surface area contributed by atoms with E-state index in [1.807, 2.05) is 91.0 Å². The van der Waals surface area contributed by atoms with Crippen LogP contribution in [-0.2, 0) is 14.3 Å². The van der Waals surface area contributed by atoms with E-state index in [1.165, 1.54) is 58.5 Å². The standard InChI is InChI=1S/C35H45O3P/c1-3-4-5-6-7-8-9-10-11-12-22-29-33(36)34(35(37)38-2)39(30-23-16-13-17-24-30,31-25-18-14-19-26-31)32-27-20-15-21-28-32/h13-21,23-28H,3-12,22,29H2,1-2H3. The molecule has 0 saturated carbocycles. The summed E-state index contributed by atoms with van der Waals surface area (Å²) >= 11 is 0. The van der Waals surface area contributed by atoms with E-state index < -0.39 is 12.9 Å². The van der Waals surface area contributed by atoms with E-state index in [4.69, 9.17) is 4.74 Å². The van der Waals surface area contributed by atoms with Gasteiger partial charge in [0.05, 0.1) is 7.11 Å². The fourth-order valence-corrected chi connectivity index (χ4v) is 9.77. The van der Waals surface area contributed by atoms with E-state index in [1.54, 1.807) is 0 Å². The van der Waals surface area contributed by atoms with Crippen molar-refractivity contribution in [3.05, 3.63) is 91.0 Å². The van der Waals surface area contributed by atoms with E-state index in [-0.39, 0.29) is 5.78 Å². The van der Waals surface area contributed by atoms with Gasteiger partial charge in [-0.1, -0.05) is 162 Å². The highest BCUT2D eigenvalue weighted by Crippen LogP contribution is 2.46. The zero-order valence-corrected chi connectivity index (χ0v) is 24.7. The summed E-state index contributed by atoms with van der Waals surface area (Å²) in [5.74, 6) is -0.615. The Morgan fingerprint density at radius 1 is 0.564 bits per heavy atom. The average molecular weight is 545 g/mol. The quantitative estimate of drug-likeness (QED) is 0.0761. The van der Waals surface area contributed by atoms with Crippen molar-refractivity contribution in [3.8, 4) is 0 Å². The van der Waals surface area contributed by atoms with Crippen LogP contribution < -0.4 is 15.9 Å². The highest BCUT2D eigenvalue weighted by Gasteiger charge is 2.36. The van der Waals surface area contributed by atoms with E-state index in [9.17, 15) is 9.59 Å². The Morgan fingerprint density at radius 3 is 1.28 bits per heavy atom. The molecular weight excluding hydrogens is 499 g/mol. The number of Topliss-reactive ketones (excluding diaryl/α,β-unsaturated/α-hetero) is 1. The zero-order chi connectivity index (χ0) is 27.8. The average Bonchev–Trinajstić information content (AvgIpc) is 2.99. The van der Waals surface area contributed by atoms with Crippen LogP contribution >= 0.6 is 6.89 Å². The summed E-state index contributed by atoms with van der Waals surface area (Å²) in [4.78, 5) is 27.6. The molecule has 0 bridgehead atoms. The van der Waals surface area contributed by atoms with Gasteiger partial charge in [0.1, 0.15) is 5.29 Å².